The maximum Gasteiger partial charge on any atom is -0.0350 e. The summed E-state index contributed by atoms with van der Waals surface area (Å²) in [7, 11) is 0. The van der Waals surface area contributed by atoms with Gasteiger partial charge in [0, 0.05) is 0 Å². The van der Waals surface area contributed by atoms with E-state index < -0.39 is 0 Å². The summed E-state index contributed by atoms with van der Waals surface area (Å²) >= 11 is 0. The molecule has 0 saturated heterocycles. The fourth-order valence-corrected chi connectivity index (χ4v) is 1.29. The van der Waals surface area contributed by atoms with E-state index in [1.807, 2.05) is 12.2 Å². The van der Waals surface area contributed by atoms with Gasteiger partial charge in [-0.2, -0.15) is 0 Å². The highest BCUT2D eigenvalue weighted by Crippen LogP contribution is 2.15. The van der Waals surface area contributed by atoms with Gasteiger partial charge in [-0.1, -0.05) is 44.3 Å². The number of hydrogen-bond acceptors (Lipinski definition) is 0. The fourth-order valence-electron chi connectivity index (χ4n) is 1.29. The van der Waals surface area contributed by atoms with Crippen LogP contribution in [0.1, 0.15) is 51.4 Å². The zero-order chi connectivity index (χ0) is 11.1. The van der Waals surface area contributed by atoms with E-state index in [9.17, 15) is 0 Å². The van der Waals surface area contributed by atoms with Crippen molar-refractivity contribution in [1.82, 2.24) is 0 Å². The summed E-state index contributed by atoms with van der Waals surface area (Å²) in [6, 6.07) is 0. The molecular formula is C14H26. The molecule has 82 valence electrons. The average molecular weight is 194 g/mol. The Bertz CT molecular complexity index is 93.6. The van der Waals surface area contributed by atoms with Gasteiger partial charge in [0.2, 0.25) is 0 Å². The van der Waals surface area contributed by atoms with Crippen molar-refractivity contribution in [2.24, 2.45) is 0 Å². The summed E-state index contributed by atoms with van der Waals surface area (Å²) < 4.78 is 0. The van der Waals surface area contributed by atoms with Gasteiger partial charge in [0.25, 0.3) is 0 Å². The Kier molecular flexibility index (Phi) is 20.3. The van der Waals surface area contributed by atoms with Crippen LogP contribution < -0.4 is 0 Å². The summed E-state index contributed by atoms with van der Waals surface area (Å²) in [5.74, 6) is 0. The smallest absolute Gasteiger partial charge is 0.0350 e. The molecule has 0 bridgehead atoms. The van der Waals surface area contributed by atoms with E-state index in [0.29, 0.717) is 0 Å². The summed E-state index contributed by atoms with van der Waals surface area (Å²) in [6.45, 7) is 13.2. The van der Waals surface area contributed by atoms with Gasteiger partial charge in [-0.25, -0.2) is 0 Å². The third-order valence-corrected chi connectivity index (χ3v) is 2.07. The first-order chi connectivity index (χ1) is 6.91. The third-order valence-electron chi connectivity index (χ3n) is 2.07. The minimum absolute atomic E-state index is 1.12. The van der Waals surface area contributed by atoms with Crippen LogP contribution in [0.25, 0.3) is 0 Å². The Morgan fingerprint density at radius 1 is 0.714 bits per heavy atom. The topological polar surface area (TPSA) is 0 Å². The molecule has 0 spiro atoms. The lowest BCUT2D eigenvalue weighted by Crippen LogP contribution is -1.64. The molecule has 1 fully saturated rings. The van der Waals surface area contributed by atoms with Gasteiger partial charge >= 0.3 is 0 Å². The van der Waals surface area contributed by atoms with Crippen LogP contribution in [0.5, 0.6) is 0 Å². The Balaban J connectivity index is 0. The summed E-state index contributed by atoms with van der Waals surface area (Å²) in [5.41, 5.74) is 0. The number of hydrogen-bond donors (Lipinski definition) is 0. The molecule has 0 radical (unpaired) electrons. The standard InChI is InChI=1S/C7H12.C5H10.C2H4/c1-3-5-7-6-4-2;1-2-4-5-3-1;1-2/h3-4H,1-2,5-7H2;1-5H2;1-2H2. The predicted molar refractivity (Wildman–Crippen MR) is 68.6 cm³/mol. The lowest BCUT2D eigenvalue weighted by Gasteiger charge is -1.84. The van der Waals surface area contributed by atoms with Crippen LogP contribution in [0, 0.1) is 0 Å². The second-order valence-electron chi connectivity index (χ2n) is 3.28. The predicted octanol–water partition coefficient (Wildman–Crippen LogP) is 5.28. The van der Waals surface area contributed by atoms with E-state index in [-0.39, 0.29) is 0 Å². The molecule has 0 amide bonds. The molecule has 0 atom stereocenters. The van der Waals surface area contributed by atoms with Crippen LogP contribution in [0.3, 0.4) is 0 Å². The van der Waals surface area contributed by atoms with Crippen LogP contribution in [-0.4, -0.2) is 0 Å². The number of allylic oxidation sites excluding steroid dienone is 2. The molecule has 0 N–H and O–H groups in total. The van der Waals surface area contributed by atoms with Crippen molar-refractivity contribution in [2.75, 3.05) is 0 Å². The maximum absolute atomic E-state index is 3.60. The molecule has 1 aliphatic carbocycles. The van der Waals surface area contributed by atoms with Gasteiger partial charge in [-0.15, -0.1) is 26.3 Å². The zero-order valence-electron chi connectivity index (χ0n) is 9.64. The van der Waals surface area contributed by atoms with Gasteiger partial charge in [-0.3, -0.25) is 0 Å². The average Bonchev–Trinajstić information content (AvgIpc) is 2.80. The fraction of sp³-hybridized carbons (Fsp3) is 0.571. The molecule has 0 heteroatoms. The summed E-state index contributed by atoms with van der Waals surface area (Å²) in [6.07, 6.45) is 14.8. The van der Waals surface area contributed by atoms with E-state index in [1.54, 1.807) is 0 Å². The van der Waals surface area contributed by atoms with Crippen LogP contribution >= 0.6 is 0 Å². The first-order valence-corrected chi connectivity index (χ1v) is 5.63. The highest BCUT2D eigenvalue weighted by molar-refractivity contribution is 4.71. The minimum atomic E-state index is 1.12. The molecule has 0 aromatic rings. The van der Waals surface area contributed by atoms with Crippen molar-refractivity contribution in [3.05, 3.63) is 38.5 Å². The van der Waals surface area contributed by atoms with Crippen LogP contribution in [-0.2, 0) is 0 Å². The van der Waals surface area contributed by atoms with E-state index >= 15 is 0 Å². The van der Waals surface area contributed by atoms with Gasteiger partial charge < -0.3 is 0 Å². The van der Waals surface area contributed by atoms with Crippen molar-refractivity contribution >= 4 is 0 Å². The molecular weight excluding hydrogens is 168 g/mol. The molecule has 0 nitrogen and oxygen atoms in total. The first-order valence-electron chi connectivity index (χ1n) is 5.63. The van der Waals surface area contributed by atoms with Crippen molar-refractivity contribution in [3.8, 4) is 0 Å². The lowest BCUT2D eigenvalue weighted by molar-refractivity contribution is 0.871. The highest BCUT2D eigenvalue weighted by atomic mass is 14.0. The normalized spacial score (nSPS) is 12.9. The Hall–Kier alpha value is -0.780. The van der Waals surface area contributed by atoms with Crippen LogP contribution in [0.15, 0.2) is 38.5 Å². The molecule has 14 heavy (non-hydrogen) atoms. The van der Waals surface area contributed by atoms with E-state index in [0.717, 1.165) is 12.8 Å². The molecule has 0 aromatic carbocycles. The van der Waals surface area contributed by atoms with Crippen molar-refractivity contribution in [1.29, 1.82) is 0 Å². The van der Waals surface area contributed by atoms with E-state index in [1.165, 1.54) is 38.5 Å². The van der Waals surface area contributed by atoms with Gasteiger partial charge in [0.05, 0.1) is 0 Å². The monoisotopic (exact) mass is 194 g/mol. The van der Waals surface area contributed by atoms with E-state index in [2.05, 4.69) is 26.3 Å². The second-order valence-corrected chi connectivity index (χ2v) is 3.28. The van der Waals surface area contributed by atoms with Gasteiger partial charge in [0.15, 0.2) is 0 Å². The van der Waals surface area contributed by atoms with Crippen molar-refractivity contribution < 1.29 is 0 Å². The molecule has 0 aliphatic heterocycles. The molecule has 0 aromatic heterocycles. The minimum Gasteiger partial charge on any atom is -0.106 e. The van der Waals surface area contributed by atoms with Crippen molar-refractivity contribution in [2.45, 2.75) is 51.4 Å². The SMILES string of the molecule is C1CCCC1.C=C.C=CCCCC=C. The Labute approximate surface area is 90.4 Å². The number of unbranched alkanes of at least 4 members (excludes halogenated alkanes) is 2. The molecule has 1 saturated carbocycles. The number of rotatable bonds is 4. The molecule has 0 unspecified atom stereocenters. The second kappa shape index (κ2) is 18.1. The van der Waals surface area contributed by atoms with Crippen LogP contribution in [0.4, 0.5) is 0 Å². The molecule has 0 heterocycles. The highest BCUT2D eigenvalue weighted by Gasteiger charge is 1.95. The molecule has 1 aliphatic rings. The molecule has 1 rings (SSSR count). The van der Waals surface area contributed by atoms with Crippen LogP contribution in [0.2, 0.25) is 0 Å². The zero-order valence-corrected chi connectivity index (χ0v) is 9.64. The summed E-state index contributed by atoms with van der Waals surface area (Å²) in [5, 5.41) is 0. The van der Waals surface area contributed by atoms with Gasteiger partial charge in [0.1, 0.15) is 0 Å². The van der Waals surface area contributed by atoms with Crippen molar-refractivity contribution in [3.63, 3.8) is 0 Å². The lowest BCUT2D eigenvalue weighted by atomic mass is 10.2. The van der Waals surface area contributed by atoms with E-state index in [4.69, 9.17) is 0 Å². The summed E-state index contributed by atoms with van der Waals surface area (Å²) in [4.78, 5) is 0. The maximum atomic E-state index is 3.60. The Morgan fingerprint density at radius 2 is 1.00 bits per heavy atom. The van der Waals surface area contributed by atoms with Gasteiger partial charge in [-0.05, 0) is 19.3 Å². The quantitative estimate of drug-likeness (QED) is 0.422. The first kappa shape index (κ1) is 15.7. The largest absolute Gasteiger partial charge is 0.106 e. The Morgan fingerprint density at radius 3 is 1.21 bits per heavy atom. The third kappa shape index (κ3) is 17.3.